The van der Waals surface area contributed by atoms with Gasteiger partial charge >= 0.3 is 280 Å². The van der Waals surface area contributed by atoms with Gasteiger partial charge in [-0.15, -0.1) is 0 Å². The van der Waals surface area contributed by atoms with Gasteiger partial charge in [-0.25, -0.2) is 0 Å². The van der Waals surface area contributed by atoms with E-state index in [1.165, 1.54) is 64.6 Å². The standard InChI is InChI=1S/C44H50Se/c1-41(2,3)31-15-11-29(12-16-31)35-23-25-43(7,8)39-27-33(19-21-37(35)39)45-34-20-22-38-36(24-26-44(9,10)40(38)28-34)30-13-17-32(18-14-30)42(4,5)6/h11-24,27-28H,25-26H2,1-10H3. The Balaban J connectivity index is 1.30. The summed E-state index contributed by atoms with van der Waals surface area (Å²) in [5.41, 5.74) is 14.5. The van der Waals surface area contributed by atoms with Gasteiger partial charge < -0.3 is 0 Å². The van der Waals surface area contributed by atoms with Crippen molar-refractivity contribution in [2.45, 2.75) is 104 Å². The Kier molecular flexibility index (Phi) is 7.99. The molecule has 0 fully saturated rings. The maximum absolute atomic E-state index is 2.53. The van der Waals surface area contributed by atoms with E-state index in [9.17, 15) is 0 Å². The van der Waals surface area contributed by atoms with Crippen molar-refractivity contribution >= 4 is 35.0 Å². The van der Waals surface area contributed by atoms with Crippen molar-refractivity contribution in [2.24, 2.45) is 0 Å². The van der Waals surface area contributed by atoms with Crippen LogP contribution in [0.1, 0.15) is 127 Å². The number of allylic oxidation sites excluding steroid dienone is 2. The second-order valence-electron chi connectivity index (χ2n) is 16.6. The van der Waals surface area contributed by atoms with Gasteiger partial charge in [0.15, 0.2) is 0 Å². The van der Waals surface area contributed by atoms with Gasteiger partial charge in [0.05, 0.1) is 0 Å². The summed E-state index contributed by atoms with van der Waals surface area (Å²) in [4.78, 5) is 0. The molecule has 0 nitrogen and oxygen atoms in total. The van der Waals surface area contributed by atoms with Gasteiger partial charge in [0.2, 0.25) is 0 Å². The molecule has 2 aliphatic carbocycles. The molecular formula is C44H50Se. The van der Waals surface area contributed by atoms with Gasteiger partial charge in [0, 0.05) is 0 Å². The monoisotopic (exact) mass is 658 g/mol. The van der Waals surface area contributed by atoms with Crippen LogP contribution in [0.25, 0.3) is 11.1 Å². The molecule has 0 amide bonds. The molecule has 0 N–H and O–H groups in total. The quantitative estimate of drug-likeness (QED) is 0.192. The molecule has 45 heavy (non-hydrogen) atoms. The first-order valence-electron chi connectivity index (χ1n) is 16.6. The van der Waals surface area contributed by atoms with Crippen LogP contribution >= 0.6 is 0 Å². The first kappa shape index (κ1) is 31.8. The van der Waals surface area contributed by atoms with Crippen LogP contribution in [0.4, 0.5) is 0 Å². The van der Waals surface area contributed by atoms with Crippen LogP contribution < -0.4 is 8.92 Å². The predicted molar refractivity (Wildman–Crippen MR) is 198 cm³/mol. The number of rotatable bonds is 4. The first-order chi connectivity index (χ1) is 21.0. The average Bonchev–Trinajstić information content (AvgIpc) is 2.97. The zero-order chi connectivity index (χ0) is 32.4. The van der Waals surface area contributed by atoms with Gasteiger partial charge in [-0.3, -0.25) is 0 Å². The minimum absolute atomic E-state index is 0.121. The molecule has 6 rings (SSSR count). The normalized spacial score (nSPS) is 17.2. The fraction of sp³-hybridized carbons (Fsp3) is 0.364. The van der Waals surface area contributed by atoms with Crippen LogP contribution in [-0.2, 0) is 21.7 Å². The summed E-state index contributed by atoms with van der Waals surface area (Å²) in [5.74, 6) is 0. The number of benzene rings is 4. The molecule has 0 bridgehead atoms. The van der Waals surface area contributed by atoms with Crippen molar-refractivity contribution in [3.8, 4) is 0 Å². The van der Waals surface area contributed by atoms with Crippen LogP contribution in [0, 0.1) is 0 Å². The molecule has 0 aliphatic heterocycles. The Morgan fingerprint density at radius 3 is 1.18 bits per heavy atom. The molecule has 232 valence electrons. The minimum atomic E-state index is 0.121. The van der Waals surface area contributed by atoms with Gasteiger partial charge in [-0.1, -0.05) is 0 Å². The molecular weight excluding hydrogens is 607 g/mol. The summed E-state index contributed by atoms with van der Waals surface area (Å²) >= 11 is 0.238. The Morgan fingerprint density at radius 2 is 0.844 bits per heavy atom. The van der Waals surface area contributed by atoms with Crippen molar-refractivity contribution in [3.63, 3.8) is 0 Å². The maximum atomic E-state index is 2.53. The summed E-state index contributed by atoms with van der Waals surface area (Å²) < 4.78 is 2.92. The van der Waals surface area contributed by atoms with E-state index in [0.29, 0.717) is 0 Å². The van der Waals surface area contributed by atoms with Crippen LogP contribution in [0.15, 0.2) is 97.1 Å². The second kappa shape index (κ2) is 11.3. The van der Waals surface area contributed by atoms with Crippen molar-refractivity contribution in [1.29, 1.82) is 0 Å². The van der Waals surface area contributed by atoms with Gasteiger partial charge in [0.25, 0.3) is 0 Å². The van der Waals surface area contributed by atoms with Gasteiger partial charge in [-0.05, 0) is 0 Å². The van der Waals surface area contributed by atoms with E-state index >= 15 is 0 Å². The van der Waals surface area contributed by atoms with E-state index in [1.54, 1.807) is 0 Å². The third-order valence-corrected chi connectivity index (χ3v) is 12.1. The average molecular weight is 658 g/mol. The zero-order valence-corrected chi connectivity index (χ0v) is 30.8. The summed E-state index contributed by atoms with van der Waals surface area (Å²) in [5, 5.41) is 0. The SMILES string of the molecule is CC(C)(C)c1ccc(C2=CCC(C)(C)c3cc([Se]c4ccc5c(c4)C(C)(C)CC=C5c4ccc(C(C)(C)C)cc4)ccc32)cc1. The van der Waals surface area contributed by atoms with E-state index in [0.717, 1.165) is 12.8 Å². The summed E-state index contributed by atoms with van der Waals surface area (Å²) in [6.07, 6.45) is 7.05. The molecule has 1 heteroatoms. The zero-order valence-electron chi connectivity index (χ0n) is 29.1. The number of hydrogen-bond donors (Lipinski definition) is 0. The summed E-state index contributed by atoms with van der Waals surface area (Å²) in [7, 11) is 0. The predicted octanol–water partition coefficient (Wildman–Crippen LogP) is 10.2. The molecule has 0 saturated carbocycles. The first-order valence-corrected chi connectivity index (χ1v) is 18.3. The molecule has 4 aromatic carbocycles. The number of fused-ring (bicyclic) bond motifs is 2. The van der Waals surface area contributed by atoms with E-state index in [1.807, 2.05) is 0 Å². The Morgan fingerprint density at radius 1 is 0.489 bits per heavy atom. The molecule has 0 spiro atoms. The van der Waals surface area contributed by atoms with Crippen LogP contribution in [-0.4, -0.2) is 15.0 Å². The Labute approximate surface area is 279 Å². The van der Waals surface area contributed by atoms with Gasteiger partial charge in [0.1, 0.15) is 0 Å². The molecule has 0 atom stereocenters. The Hall–Kier alpha value is -3.12. The summed E-state index contributed by atoms with van der Waals surface area (Å²) in [6, 6.07) is 33.2. The topological polar surface area (TPSA) is 0 Å². The van der Waals surface area contributed by atoms with Crippen molar-refractivity contribution in [1.82, 2.24) is 0 Å². The molecule has 0 aromatic heterocycles. The second-order valence-corrected chi connectivity index (χ2v) is 19.0. The van der Waals surface area contributed by atoms with E-state index in [2.05, 4.69) is 166 Å². The molecule has 2 aliphatic rings. The van der Waals surface area contributed by atoms with Gasteiger partial charge in [-0.2, -0.15) is 0 Å². The Bertz CT molecular complexity index is 1660. The van der Waals surface area contributed by atoms with Crippen LogP contribution in [0.5, 0.6) is 0 Å². The molecule has 0 unspecified atom stereocenters. The third-order valence-electron chi connectivity index (χ3n) is 10.0. The molecule has 4 aromatic rings. The van der Waals surface area contributed by atoms with Crippen LogP contribution in [0.2, 0.25) is 0 Å². The van der Waals surface area contributed by atoms with E-state index in [-0.39, 0.29) is 36.6 Å². The van der Waals surface area contributed by atoms with Crippen molar-refractivity contribution in [2.75, 3.05) is 0 Å². The fourth-order valence-corrected chi connectivity index (χ4v) is 8.78. The van der Waals surface area contributed by atoms with Crippen molar-refractivity contribution in [3.05, 3.63) is 142 Å². The number of hydrogen-bond acceptors (Lipinski definition) is 0. The summed E-state index contributed by atoms with van der Waals surface area (Å²) in [6.45, 7) is 23.3. The third kappa shape index (κ3) is 6.32. The van der Waals surface area contributed by atoms with E-state index in [4.69, 9.17) is 0 Å². The fourth-order valence-electron chi connectivity index (χ4n) is 6.90. The van der Waals surface area contributed by atoms with Crippen molar-refractivity contribution < 1.29 is 0 Å². The van der Waals surface area contributed by atoms with E-state index < -0.39 is 0 Å². The molecule has 0 heterocycles. The van der Waals surface area contributed by atoms with Crippen LogP contribution in [0.3, 0.4) is 0 Å². The molecule has 0 radical (unpaired) electrons. The molecule has 0 saturated heterocycles.